The van der Waals surface area contributed by atoms with Gasteiger partial charge in [-0.3, -0.25) is 0 Å². The van der Waals surface area contributed by atoms with Crippen LogP contribution in [0.3, 0.4) is 0 Å². The van der Waals surface area contributed by atoms with Gasteiger partial charge in [-0.05, 0) is 59.4 Å². The third-order valence-electron chi connectivity index (χ3n) is 5.08. The van der Waals surface area contributed by atoms with Gasteiger partial charge in [0.15, 0.2) is 0 Å². The Morgan fingerprint density at radius 1 is 1.24 bits per heavy atom. The second-order valence-electron chi connectivity index (χ2n) is 6.43. The lowest BCUT2D eigenvalue weighted by molar-refractivity contribution is 0.178. The van der Waals surface area contributed by atoms with Gasteiger partial charge in [0.05, 0.1) is 6.04 Å². The van der Waals surface area contributed by atoms with Gasteiger partial charge in [-0.2, -0.15) is 4.39 Å². The molecule has 8 heteroatoms. The maximum atomic E-state index is 14.0. The molecule has 2 bridgehead atoms. The van der Waals surface area contributed by atoms with Crippen LogP contribution in [0.2, 0.25) is 0 Å². The summed E-state index contributed by atoms with van der Waals surface area (Å²) in [6.07, 6.45) is 3.67. The molecule has 1 N–H and O–H groups in total. The molecule has 1 aromatic carbocycles. The number of benzene rings is 1. The number of halogens is 1. The molecule has 0 unspecified atom stereocenters. The summed E-state index contributed by atoms with van der Waals surface area (Å²) < 4.78 is 18.7. The van der Waals surface area contributed by atoms with Crippen LogP contribution < -0.4 is 5.32 Å². The first-order valence-corrected chi connectivity index (χ1v) is 8.15. The van der Waals surface area contributed by atoms with E-state index >= 15 is 0 Å². The number of anilines is 1. The van der Waals surface area contributed by atoms with E-state index in [1.807, 2.05) is 11.0 Å². The van der Waals surface area contributed by atoms with Gasteiger partial charge in [-0.1, -0.05) is 0 Å². The number of pyridine rings is 1. The van der Waals surface area contributed by atoms with E-state index in [0.29, 0.717) is 28.7 Å². The number of fused-ring (bicyclic) bond motifs is 5. The summed E-state index contributed by atoms with van der Waals surface area (Å²) in [6, 6.07) is 6.73. The van der Waals surface area contributed by atoms with Crippen molar-refractivity contribution in [2.24, 2.45) is 0 Å². The Hall–Kier alpha value is -3.03. The number of amides is 2. The highest BCUT2D eigenvalue weighted by Crippen LogP contribution is 2.44. The van der Waals surface area contributed by atoms with Crippen LogP contribution in [0.5, 0.6) is 0 Å². The lowest BCUT2D eigenvalue weighted by Crippen LogP contribution is -2.44. The highest BCUT2D eigenvalue weighted by Gasteiger charge is 2.43. The van der Waals surface area contributed by atoms with E-state index in [2.05, 4.69) is 25.2 Å². The van der Waals surface area contributed by atoms with E-state index in [9.17, 15) is 9.18 Å². The third-order valence-corrected chi connectivity index (χ3v) is 5.08. The summed E-state index contributed by atoms with van der Waals surface area (Å²) in [5.41, 5.74) is 3.35. The van der Waals surface area contributed by atoms with Crippen molar-refractivity contribution < 1.29 is 13.8 Å². The Balaban J connectivity index is 1.44. The summed E-state index contributed by atoms with van der Waals surface area (Å²) in [4.78, 5) is 18.4. The van der Waals surface area contributed by atoms with Gasteiger partial charge in [0.25, 0.3) is 0 Å². The lowest BCUT2D eigenvalue weighted by atomic mass is 9.95. The van der Waals surface area contributed by atoms with Gasteiger partial charge in [0, 0.05) is 23.5 Å². The van der Waals surface area contributed by atoms with E-state index in [-0.39, 0.29) is 18.1 Å². The molecule has 0 saturated carbocycles. The Morgan fingerprint density at radius 3 is 3.04 bits per heavy atom. The van der Waals surface area contributed by atoms with Crippen molar-refractivity contribution in [2.75, 3.05) is 5.32 Å². The second-order valence-corrected chi connectivity index (χ2v) is 6.43. The van der Waals surface area contributed by atoms with Gasteiger partial charge >= 0.3 is 6.03 Å². The maximum absolute atomic E-state index is 14.0. The molecule has 2 amide bonds. The maximum Gasteiger partial charge on any atom is 0.322 e. The largest absolute Gasteiger partial charge is 0.322 e. The number of nitrogens with one attached hydrogen (secondary N) is 1. The number of nitrogens with zero attached hydrogens (tertiary/aromatic N) is 4. The van der Waals surface area contributed by atoms with Crippen LogP contribution >= 0.6 is 0 Å². The summed E-state index contributed by atoms with van der Waals surface area (Å²) >= 11 is 0. The Morgan fingerprint density at radius 2 is 2.12 bits per heavy atom. The molecule has 1 fully saturated rings. The highest BCUT2D eigenvalue weighted by molar-refractivity contribution is 5.92. The quantitative estimate of drug-likeness (QED) is 0.689. The lowest BCUT2D eigenvalue weighted by Gasteiger charge is -2.36. The first-order valence-electron chi connectivity index (χ1n) is 8.15. The standard InChI is InChI=1S/C17H14FN5O2/c18-16-12-8-10-2-4-15(11(12)5-6-19-16)23(10)17(24)20-9-1-3-13-14(7-9)22-25-21-13/h1,3,5-7,10,15H,2,4,8H2,(H,20,24)/t10-,15+/m0/s1. The van der Waals surface area contributed by atoms with Crippen LogP contribution in [-0.2, 0) is 6.42 Å². The molecule has 5 rings (SSSR count). The molecule has 2 aliphatic heterocycles. The predicted octanol–water partition coefficient (Wildman–Crippen LogP) is 3.05. The van der Waals surface area contributed by atoms with Crippen LogP contribution in [0, 0.1) is 5.95 Å². The monoisotopic (exact) mass is 339 g/mol. The second kappa shape index (κ2) is 5.23. The Labute approximate surface area is 141 Å². The van der Waals surface area contributed by atoms with Crippen LogP contribution in [0.4, 0.5) is 14.9 Å². The van der Waals surface area contributed by atoms with Crippen LogP contribution in [0.15, 0.2) is 35.1 Å². The van der Waals surface area contributed by atoms with E-state index in [1.54, 1.807) is 18.2 Å². The zero-order chi connectivity index (χ0) is 17.0. The average Bonchev–Trinajstić information content (AvgIpc) is 3.19. The van der Waals surface area contributed by atoms with Crippen molar-refractivity contribution in [1.82, 2.24) is 20.2 Å². The van der Waals surface area contributed by atoms with Crippen molar-refractivity contribution in [1.29, 1.82) is 0 Å². The minimum absolute atomic E-state index is 0.00588. The van der Waals surface area contributed by atoms with Gasteiger partial charge in [-0.25, -0.2) is 14.4 Å². The number of urea groups is 1. The molecule has 25 heavy (non-hydrogen) atoms. The van der Waals surface area contributed by atoms with Crippen molar-refractivity contribution in [2.45, 2.75) is 31.3 Å². The summed E-state index contributed by atoms with van der Waals surface area (Å²) in [5, 5.41) is 10.4. The molecule has 2 atom stereocenters. The van der Waals surface area contributed by atoms with Crippen molar-refractivity contribution in [3.63, 3.8) is 0 Å². The molecule has 0 aliphatic carbocycles. The molecule has 4 heterocycles. The number of hydrogen-bond acceptors (Lipinski definition) is 5. The number of aromatic nitrogens is 3. The molecule has 3 aromatic rings. The van der Waals surface area contributed by atoms with E-state index < -0.39 is 5.95 Å². The average molecular weight is 339 g/mol. The minimum atomic E-state index is -0.418. The molecule has 0 radical (unpaired) electrons. The zero-order valence-electron chi connectivity index (χ0n) is 13.1. The summed E-state index contributed by atoms with van der Waals surface area (Å²) in [6.45, 7) is 0. The van der Waals surface area contributed by atoms with E-state index in [1.165, 1.54) is 6.20 Å². The third kappa shape index (κ3) is 2.17. The normalized spacial score (nSPS) is 21.4. The molecule has 1 saturated heterocycles. The Bertz CT molecular complexity index is 988. The Kier molecular flexibility index (Phi) is 3.00. The number of carbonyl (C=O) groups is 1. The number of hydrogen-bond donors (Lipinski definition) is 1. The topological polar surface area (TPSA) is 84.2 Å². The fourth-order valence-electron chi connectivity index (χ4n) is 3.97. The van der Waals surface area contributed by atoms with Crippen molar-refractivity contribution in [3.05, 3.63) is 47.5 Å². The van der Waals surface area contributed by atoms with Crippen molar-refractivity contribution >= 4 is 22.8 Å². The van der Waals surface area contributed by atoms with Crippen LogP contribution in [0.25, 0.3) is 11.0 Å². The SMILES string of the molecule is O=C(Nc1ccc2nonc2c1)N1[C@H]2CC[C@@H]1c1ccnc(F)c1C2. The molecule has 7 nitrogen and oxygen atoms in total. The minimum Gasteiger partial charge on any atom is -0.314 e. The van der Waals surface area contributed by atoms with Gasteiger partial charge in [0.2, 0.25) is 5.95 Å². The summed E-state index contributed by atoms with van der Waals surface area (Å²) in [5.74, 6) is -0.418. The van der Waals surface area contributed by atoms with Crippen LogP contribution in [-0.4, -0.2) is 32.3 Å². The number of rotatable bonds is 1. The fraction of sp³-hybridized carbons (Fsp3) is 0.294. The molecule has 2 aromatic heterocycles. The predicted molar refractivity (Wildman–Crippen MR) is 86.3 cm³/mol. The first-order chi connectivity index (χ1) is 12.2. The van der Waals surface area contributed by atoms with Crippen LogP contribution in [0.1, 0.15) is 30.0 Å². The molecule has 126 valence electrons. The smallest absolute Gasteiger partial charge is 0.314 e. The molecule has 2 aliphatic rings. The number of carbonyl (C=O) groups excluding carboxylic acids is 1. The first kappa shape index (κ1) is 14.3. The summed E-state index contributed by atoms with van der Waals surface area (Å²) in [7, 11) is 0. The van der Waals surface area contributed by atoms with E-state index in [0.717, 1.165) is 18.4 Å². The zero-order valence-corrected chi connectivity index (χ0v) is 13.1. The fourth-order valence-corrected chi connectivity index (χ4v) is 3.97. The van der Waals surface area contributed by atoms with E-state index in [4.69, 9.17) is 0 Å². The highest BCUT2D eigenvalue weighted by atomic mass is 19.1. The van der Waals surface area contributed by atoms with Crippen molar-refractivity contribution in [3.8, 4) is 0 Å². The van der Waals surface area contributed by atoms with Gasteiger partial charge < -0.3 is 10.2 Å². The van der Waals surface area contributed by atoms with Gasteiger partial charge in [0.1, 0.15) is 11.0 Å². The van der Waals surface area contributed by atoms with Gasteiger partial charge in [-0.15, -0.1) is 0 Å². The molecule has 0 spiro atoms. The molecular formula is C17H14FN5O2. The molecular weight excluding hydrogens is 325 g/mol.